The van der Waals surface area contributed by atoms with Crippen LogP contribution in [-0.4, -0.2) is 24.4 Å². The topological polar surface area (TPSA) is 84.5 Å². The Morgan fingerprint density at radius 1 is 1.25 bits per heavy atom. The molecule has 2 N–H and O–H groups in total. The van der Waals surface area contributed by atoms with Gasteiger partial charge in [0.05, 0.1) is 17.7 Å². The van der Waals surface area contributed by atoms with E-state index in [1.54, 1.807) is 31.2 Å². The first-order valence-corrected chi connectivity index (χ1v) is 10.2. The van der Waals surface area contributed by atoms with Gasteiger partial charge in [0.1, 0.15) is 5.00 Å². The largest absolute Gasteiger partial charge is 0.462 e. The minimum Gasteiger partial charge on any atom is -0.462 e. The number of nitrogens with one attached hydrogen (secondary N) is 2. The number of ether oxygens (including phenoxy) is 1. The first kappa shape index (κ1) is 20.1. The van der Waals surface area contributed by atoms with Crippen LogP contribution in [-0.2, 0) is 22.4 Å². The predicted molar refractivity (Wildman–Crippen MR) is 110 cm³/mol. The molecule has 1 aromatic carbocycles. The van der Waals surface area contributed by atoms with E-state index in [9.17, 15) is 14.4 Å². The molecule has 1 heterocycles. The molecule has 0 bridgehead atoms. The van der Waals surface area contributed by atoms with Crippen LogP contribution in [0.4, 0.5) is 10.7 Å². The standard InChI is InChI=1S/C21H24N2O4S/c1-4-27-21(26)14-6-5-7-15(11-14)23-19(25)18-16-9-8-12(2)10-17(16)28-20(18)22-13(3)24/h5-7,11-12H,4,8-10H2,1-3H3,(H,22,24)(H,23,25)/t12-/m0/s1. The third-order valence-electron chi connectivity index (χ3n) is 4.66. The molecule has 0 spiro atoms. The number of amides is 2. The molecular formula is C21H24N2O4S. The minimum absolute atomic E-state index is 0.204. The van der Waals surface area contributed by atoms with Gasteiger partial charge in [0, 0.05) is 17.5 Å². The lowest BCUT2D eigenvalue weighted by Crippen LogP contribution is -2.19. The van der Waals surface area contributed by atoms with Gasteiger partial charge in [0.25, 0.3) is 5.91 Å². The zero-order chi connectivity index (χ0) is 20.3. The van der Waals surface area contributed by atoms with Crippen LogP contribution in [0.1, 0.15) is 58.3 Å². The number of benzene rings is 1. The van der Waals surface area contributed by atoms with E-state index in [2.05, 4.69) is 17.6 Å². The highest BCUT2D eigenvalue weighted by molar-refractivity contribution is 7.17. The lowest BCUT2D eigenvalue weighted by Gasteiger charge is -2.18. The summed E-state index contributed by atoms with van der Waals surface area (Å²) >= 11 is 1.48. The van der Waals surface area contributed by atoms with Crippen LogP contribution in [0.15, 0.2) is 24.3 Å². The molecule has 1 aliphatic rings. The van der Waals surface area contributed by atoms with E-state index in [4.69, 9.17) is 4.74 Å². The molecule has 0 radical (unpaired) electrons. The molecule has 7 heteroatoms. The Kier molecular flexibility index (Phi) is 6.14. The maximum absolute atomic E-state index is 13.1. The molecular weight excluding hydrogens is 376 g/mol. The van der Waals surface area contributed by atoms with Gasteiger partial charge in [-0.15, -0.1) is 11.3 Å². The molecule has 3 rings (SSSR count). The Morgan fingerprint density at radius 3 is 2.75 bits per heavy atom. The van der Waals surface area contributed by atoms with E-state index < -0.39 is 5.97 Å². The molecule has 6 nitrogen and oxygen atoms in total. The van der Waals surface area contributed by atoms with Gasteiger partial charge in [-0.2, -0.15) is 0 Å². The molecule has 28 heavy (non-hydrogen) atoms. The fourth-order valence-electron chi connectivity index (χ4n) is 3.37. The van der Waals surface area contributed by atoms with E-state index >= 15 is 0 Å². The van der Waals surface area contributed by atoms with Crippen LogP contribution in [0.2, 0.25) is 0 Å². The molecule has 2 amide bonds. The summed E-state index contributed by atoms with van der Waals surface area (Å²) in [4.78, 5) is 37.8. The van der Waals surface area contributed by atoms with Crippen molar-refractivity contribution < 1.29 is 19.1 Å². The van der Waals surface area contributed by atoms with E-state index in [1.807, 2.05) is 0 Å². The molecule has 148 valence electrons. The van der Waals surface area contributed by atoms with Crippen molar-refractivity contribution >= 4 is 39.8 Å². The SMILES string of the molecule is CCOC(=O)c1cccc(NC(=O)c2c(NC(C)=O)sc3c2CC[C@H](C)C3)c1. The Morgan fingerprint density at radius 2 is 2.04 bits per heavy atom. The number of hydrogen-bond donors (Lipinski definition) is 2. The number of anilines is 2. The summed E-state index contributed by atoms with van der Waals surface area (Å²) in [6.07, 6.45) is 2.75. The molecule has 2 aromatic rings. The Balaban J connectivity index is 1.89. The Labute approximate surface area is 168 Å². The number of fused-ring (bicyclic) bond motifs is 1. The monoisotopic (exact) mass is 400 g/mol. The molecule has 1 aliphatic carbocycles. The zero-order valence-corrected chi connectivity index (χ0v) is 17.1. The Hall–Kier alpha value is -2.67. The highest BCUT2D eigenvalue weighted by atomic mass is 32.1. The number of thiophene rings is 1. The number of rotatable bonds is 5. The summed E-state index contributed by atoms with van der Waals surface area (Å²) < 4.78 is 5.01. The average Bonchev–Trinajstić information content (AvgIpc) is 2.98. The molecule has 1 aromatic heterocycles. The van der Waals surface area contributed by atoms with Gasteiger partial charge in [-0.3, -0.25) is 9.59 Å². The zero-order valence-electron chi connectivity index (χ0n) is 16.3. The maximum Gasteiger partial charge on any atom is 0.338 e. The van der Waals surface area contributed by atoms with Crippen molar-refractivity contribution in [3.63, 3.8) is 0 Å². The summed E-state index contributed by atoms with van der Waals surface area (Å²) in [7, 11) is 0. The smallest absolute Gasteiger partial charge is 0.338 e. The van der Waals surface area contributed by atoms with Crippen LogP contribution in [0.5, 0.6) is 0 Å². The molecule has 0 saturated carbocycles. The molecule has 0 saturated heterocycles. The predicted octanol–water partition coefficient (Wildman–Crippen LogP) is 4.26. The Bertz CT molecular complexity index is 919. The summed E-state index contributed by atoms with van der Waals surface area (Å²) in [6.45, 7) is 5.66. The minimum atomic E-state index is -0.431. The van der Waals surface area contributed by atoms with Gasteiger partial charge in [-0.1, -0.05) is 13.0 Å². The summed E-state index contributed by atoms with van der Waals surface area (Å²) in [6, 6.07) is 6.65. The van der Waals surface area contributed by atoms with Gasteiger partial charge in [-0.05, 0) is 55.9 Å². The van der Waals surface area contributed by atoms with Gasteiger partial charge in [0.15, 0.2) is 0 Å². The quantitative estimate of drug-likeness (QED) is 0.735. The second-order valence-corrected chi connectivity index (χ2v) is 8.10. The van der Waals surface area contributed by atoms with Crippen molar-refractivity contribution in [2.24, 2.45) is 5.92 Å². The number of esters is 1. The highest BCUT2D eigenvalue weighted by Crippen LogP contribution is 2.40. The van der Waals surface area contributed by atoms with Crippen LogP contribution < -0.4 is 10.6 Å². The van der Waals surface area contributed by atoms with Crippen molar-refractivity contribution in [1.82, 2.24) is 0 Å². The second-order valence-electron chi connectivity index (χ2n) is 6.99. The molecule has 1 atom stereocenters. The lowest BCUT2D eigenvalue weighted by molar-refractivity contribution is -0.114. The molecule has 0 unspecified atom stereocenters. The van der Waals surface area contributed by atoms with Gasteiger partial charge in [0.2, 0.25) is 5.91 Å². The van der Waals surface area contributed by atoms with Crippen molar-refractivity contribution in [3.05, 3.63) is 45.8 Å². The van der Waals surface area contributed by atoms with Crippen LogP contribution in [0.3, 0.4) is 0 Å². The normalized spacial score (nSPS) is 15.5. The number of hydrogen-bond acceptors (Lipinski definition) is 5. The number of carbonyl (C=O) groups is 3. The van der Waals surface area contributed by atoms with Crippen molar-refractivity contribution in [3.8, 4) is 0 Å². The van der Waals surface area contributed by atoms with Crippen LogP contribution in [0.25, 0.3) is 0 Å². The first-order chi connectivity index (χ1) is 13.4. The van der Waals surface area contributed by atoms with E-state index in [0.29, 0.717) is 27.7 Å². The van der Waals surface area contributed by atoms with Gasteiger partial charge in [-0.25, -0.2) is 4.79 Å². The first-order valence-electron chi connectivity index (χ1n) is 9.39. The maximum atomic E-state index is 13.1. The van der Waals surface area contributed by atoms with Crippen molar-refractivity contribution in [2.45, 2.75) is 40.0 Å². The fraction of sp³-hybridized carbons (Fsp3) is 0.381. The second kappa shape index (κ2) is 8.56. The third kappa shape index (κ3) is 4.42. The van der Waals surface area contributed by atoms with Crippen molar-refractivity contribution in [2.75, 3.05) is 17.2 Å². The van der Waals surface area contributed by atoms with Crippen LogP contribution in [0, 0.1) is 5.92 Å². The van der Waals surface area contributed by atoms with Gasteiger partial charge >= 0.3 is 5.97 Å². The van der Waals surface area contributed by atoms with E-state index in [1.165, 1.54) is 18.3 Å². The van der Waals surface area contributed by atoms with Gasteiger partial charge < -0.3 is 15.4 Å². The van der Waals surface area contributed by atoms with Crippen molar-refractivity contribution in [1.29, 1.82) is 0 Å². The summed E-state index contributed by atoms with van der Waals surface area (Å²) in [5.41, 5.74) is 2.44. The third-order valence-corrected chi connectivity index (χ3v) is 5.83. The summed E-state index contributed by atoms with van der Waals surface area (Å²) in [5, 5.41) is 6.26. The van der Waals surface area contributed by atoms with E-state index in [0.717, 1.165) is 29.7 Å². The number of carbonyl (C=O) groups excluding carboxylic acids is 3. The molecule has 0 fully saturated rings. The summed E-state index contributed by atoms with van der Waals surface area (Å²) in [5.74, 6) is -0.352. The molecule has 0 aliphatic heterocycles. The van der Waals surface area contributed by atoms with Crippen LogP contribution >= 0.6 is 11.3 Å². The lowest BCUT2D eigenvalue weighted by atomic mass is 9.88. The highest BCUT2D eigenvalue weighted by Gasteiger charge is 2.28. The fourth-order valence-corrected chi connectivity index (χ4v) is 4.83. The van der Waals surface area contributed by atoms with E-state index in [-0.39, 0.29) is 18.4 Å². The average molecular weight is 401 g/mol.